The molecule has 0 aliphatic carbocycles. The van der Waals surface area contributed by atoms with Gasteiger partial charge in [-0.3, -0.25) is 0 Å². The van der Waals surface area contributed by atoms with Crippen LogP contribution in [0.15, 0.2) is 24.3 Å². The molecule has 1 aromatic carbocycles. The summed E-state index contributed by atoms with van der Waals surface area (Å²) in [6, 6.07) is 8.63. The highest BCUT2D eigenvalue weighted by Crippen LogP contribution is 2.07. The summed E-state index contributed by atoms with van der Waals surface area (Å²) in [5, 5.41) is 2.61. The minimum Gasteiger partial charge on any atom is -0.341 e. The molecule has 0 bridgehead atoms. The van der Waals surface area contributed by atoms with Gasteiger partial charge in [-0.1, -0.05) is 37.6 Å². The smallest absolute Gasteiger partial charge is 0.316 e. The highest BCUT2D eigenvalue weighted by atomic mass is 16.2. The Morgan fingerprint density at radius 3 is 2.18 bits per heavy atom. The monoisotopic (exact) mass is 234 g/mol. The van der Waals surface area contributed by atoms with Crippen molar-refractivity contribution in [1.82, 2.24) is 10.2 Å². The molecule has 0 fully saturated rings. The maximum absolute atomic E-state index is 11.3. The largest absolute Gasteiger partial charge is 0.341 e. The number of rotatable bonds is 5. The first-order valence-corrected chi connectivity index (χ1v) is 6.18. The van der Waals surface area contributed by atoms with Crippen LogP contribution in [0, 0.1) is 0 Å². The minimum atomic E-state index is -0.0346. The van der Waals surface area contributed by atoms with Crippen molar-refractivity contribution >= 4 is 6.03 Å². The fourth-order valence-corrected chi connectivity index (χ4v) is 1.75. The van der Waals surface area contributed by atoms with E-state index >= 15 is 0 Å². The van der Waals surface area contributed by atoms with Gasteiger partial charge in [0, 0.05) is 20.6 Å². The standard InChI is InChI=1S/C14H22N2O/c1-4-5-12-6-8-13(9-7-12)10-11-16(3)14(17)15-2/h6-9H,4-5,10-11H2,1-3H3,(H,15,17). The van der Waals surface area contributed by atoms with Crippen LogP contribution in [0.3, 0.4) is 0 Å². The quantitative estimate of drug-likeness (QED) is 0.834. The summed E-state index contributed by atoms with van der Waals surface area (Å²) in [6.07, 6.45) is 3.22. The Morgan fingerprint density at radius 2 is 1.71 bits per heavy atom. The van der Waals surface area contributed by atoms with Crippen LogP contribution in [0.25, 0.3) is 0 Å². The molecule has 1 N–H and O–H groups in total. The summed E-state index contributed by atoms with van der Waals surface area (Å²) in [4.78, 5) is 13.0. The van der Waals surface area contributed by atoms with E-state index in [1.165, 1.54) is 17.5 Å². The van der Waals surface area contributed by atoms with Gasteiger partial charge in [-0.2, -0.15) is 0 Å². The number of urea groups is 1. The Hall–Kier alpha value is -1.51. The van der Waals surface area contributed by atoms with Gasteiger partial charge in [0.25, 0.3) is 0 Å². The first-order chi connectivity index (χ1) is 8.17. The number of carbonyl (C=O) groups is 1. The Balaban J connectivity index is 2.44. The molecule has 0 heterocycles. The maximum Gasteiger partial charge on any atom is 0.316 e. The Kier molecular flexibility index (Phi) is 5.53. The maximum atomic E-state index is 11.3. The number of aryl methyl sites for hydroxylation is 1. The van der Waals surface area contributed by atoms with Crippen molar-refractivity contribution in [3.63, 3.8) is 0 Å². The van der Waals surface area contributed by atoms with Crippen molar-refractivity contribution in [3.8, 4) is 0 Å². The summed E-state index contributed by atoms with van der Waals surface area (Å²) in [5.41, 5.74) is 2.66. The van der Waals surface area contributed by atoms with Crippen LogP contribution < -0.4 is 5.32 Å². The summed E-state index contributed by atoms with van der Waals surface area (Å²) < 4.78 is 0. The van der Waals surface area contributed by atoms with Crippen molar-refractivity contribution < 1.29 is 4.79 Å². The predicted molar refractivity (Wildman–Crippen MR) is 71.2 cm³/mol. The summed E-state index contributed by atoms with van der Waals surface area (Å²) in [5.74, 6) is 0. The van der Waals surface area contributed by atoms with Crippen LogP contribution in [0.2, 0.25) is 0 Å². The zero-order valence-electron chi connectivity index (χ0n) is 11.0. The third kappa shape index (κ3) is 4.47. The van der Waals surface area contributed by atoms with E-state index in [0.29, 0.717) is 0 Å². The second kappa shape index (κ2) is 6.94. The van der Waals surface area contributed by atoms with Crippen LogP contribution in [0.5, 0.6) is 0 Å². The molecule has 3 heteroatoms. The molecule has 0 aliphatic rings. The van der Waals surface area contributed by atoms with Crippen molar-refractivity contribution in [2.75, 3.05) is 20.6 Å². The molecular weight excluding hydrogens is 212 g/mol. The molecule has 2 amide bonds. The lowest BCUT2D eigenvalue weighted by molar-refractivity contribution is 0.211. The topological polar surface area (TPSA) is 32.3 Å². The molecule has 1 rings (SSSR count). The molecular formula is C14H22N2O. The number of amides is 2. The molecule has 0 radical (unpaired) electrons. The van der Waals surface area contributed by atoms with Crippen LogP contribution in [-0.2, 0) is 12.8 Å². The van der Waals surface area contributed by atoms with E-state index in [-0.39, 0.29) is 6.03 Å². The van der Waals surface area contributed by atoms with Gasteiger partial charge in [-0.15, -0.1) is 0 Å². The minimum absolute atomic E-state index is 0.0346. The lowest BCUT2D eigenvalue weighted by Gasteiger charge is -2.16. The second-order valence-electron chi connectivity index (χ2n) is 4.29. The zero-order chi connectivity index (χ0) is 12.7. The molecule has 0 unspecified atom stereocenters. The number of hydrogen-bond acceptors (Lipinski definition) is 1. The molecule has 3 nitrogen and oxygen atoms in total. The van der Waals surface area contributed by atoms with E-state index in [9.17, 15) is 4.79 Å². The SMILES string of the molecule is CCCc1ccc(CCN(C)C(=O)NC)cc1. The van der Waals surface area contributed by atoms with Crippen LogP contribution in [-0.4, -0.2) is 31.6 Å². The number of nitrogens with one attached hydrogen (secondary N) is 1. The Morgan fingerprint density at radius 1 is 1.18 bits per heavy atom. The number of benzene rings is 1. The van der Waals surface area contributed by atoms with Crippen LogP contribution in [0.4, 0.5) is 4.79 Å². The molecule has 17 heavy (non-hydrogen) atoms. The van der Waals surface area contributed by atoms with Gasteiger partial charge in [0.2, 0.25) is 0 Å². The van der Waals surface area contributed by atoms with Gasteiger partial charge in [0.1, 0.15) is 0 Å². The van der Waals surface area contributed by atoms with Crippen LogP contribution in [0.1, 0.15) is 24.5 Å². The van der Waals surface area contributed by atoms with Crippen molar-refractivity contribution in [1.29, 1.82) is 0 Å². The first-order valence-electron chi connectivity index (χ1n) is 6.18. The third-order valence-electron chi connectivity index (χ3n) is 2.86. The van der Waals surface area contributed by atoms with Gasteiger partial charge in [0.15, 0.2) is 0 Å². The molecule has 0 saturated heterocycles. The highest BCUT2D eigenvalue weighted by molar-refractivity contribution is 5.73. The third-order valence-corrected chi connectivity index (χ3v) is 2.86. The molecule has 94 valence electrons. The number of nitrogens with zero attached hydrogens (tertiary/aromatic N) is 1. The molecule has 0 aromatic heterocycles. The summed E-state index contributed by atoms with van der Waals surface area (Å²) in [6.45, 7) is 2.93. The van der Waals surface area contributed by atoms with Crippen molar-refractivity contribution in [3.05, 3.63) is 35.4 Å². The number of hydrogen-bond donors (Lipinski definition) is 1. The summed E-state index contributed by atoms with van der Waals surface area (Å²) in [7, 11) is 3.46. The van der Waals surface area contributed by atoms with E-state index in [1.54, 1.807) is 11.9 Å². The average Bonchev–Trinajstić information content (AvgIpc) is 2.37. The van der Waals surface area contributed by atoms with Gasteiger partial charge in [0.05, 0.1) is 0 Å². The fourth-order valence-electron chi connectivity index (χ4n) is 1.75. The predicted octanol–water partition coefficient (Wildman–Crippen LogP) is 2.45. The average molecular weight is 234 g/mol. The highest BCUT2D eigenvalue weighted by Gasteiger charge is 2.05. The van der Waals surface area contributed by atoms with Crippen molar-refractivity contribution in [2.24, 2.45) is 0 Å². The lowest BCUT2D eigenvalue weighted by Crippen LogP contribution is -2.36. The van der Waals surface area contributed by atoms with E-state index in [1.807, 2.05) is 7.05 Å². The summed E-state index contributed by atoms with van der Waals surface area (Å²) >= 11 is 0. The number of carbonyl (C=O) groups excluding carboxylic acids is 1. The molecule has 0 saturated carbocycles. The van der Waals surface area contributed by atoms with E-state index in [2.05, 4.69) is 36.5 Å². The Bertz CT molecular complexity index is 346. The normalized spacial score (nSPS) is 10.1. The zero-order valence-corrected chi connectivity index (χ0v) is 11.0. The van der Waals surface area contributed by atoms with E-state index in [4.69, 9.17) is 0 Å². The second-order valence-corrected chi connectivity index (χ2v) is 4.29. The van der Waals surface area contributed by atoms with Gasteiger partial charge < -0.3 is 10.2 Å². The first kappa shape index (κ1) is 13.6. The molecule has 0 atom stereocenters. The van der Waals surface area contributed by atoms with Gasteiger partial charge in [-0.25, -0.2) is 4.79 Å². The van der Waals surface area contributed by atoms with Crippen LogP contribution >= 0.6 is 0 Å². The van der Waals surface area contributed by atoms with Crippen molar-refractivity contribution in [2.45, 2.75) is 26.2 Å². The van der Waals surface area contributed by atoms with Gasteiger partial charge >= 0.3 is 6.03 Å². The Labute approximate surface area is 104 Å². The van der Waals surface area contributed by atoms with E-state index in [0.717, 1.165) is 19.4 Å². The van der Waals surface area contributed by atoms with E-state index < -0.39 is 0 Å². The fraction of sp³-hybridized carbons (Fsp3) is 0.500. The number of likely N-dealkylation sites (N-methyl/N-ethyl adjacent to an activating group) is 1. The lowest BCUT2D eigenvalue weighted by atomic mass is 10.1. The molecule has 0 spiro atoms. The molecule has 1 aromatic rings. The molecule has 0 aliphatic heterocycles. The van der Waals surface area contributed by atoms with Gasteiger partial charge in [-0.05, 0) is 24.0 Å².